The highest BCUT2D eigenvalue weighted by Crippen LogP contribution is 2.37. The van der Waals surface area contributed by atoms with Crippen molar-refractivity contribution in [3.05, 3.63) is 70.9 Å². The van der Waals surface area contributed by atoms with Gasteiger partial charge in [0.25, 0.3) is 0 Å². The van der Waals surface area contributed by atoms with Crippen molar-refractivity contribution in [3.8, 4) is 27.6 Å². The van der Waals surface area contributed by atoms with E-state index in [-0.39, 0.29) is 0 Å². The molecule has 0 bridgehead atoms. The van der Waals surface area contributed by atoms with Crippen LogP contribution in [-0.4, -0.2) is 23.7 Å². The molecule has 0 saturated carbocycles. The number of anilines is 2. The summed E-state index contributed by atoms with van der Waals surface area (Å²) in [5.74, 6) is 2.58. The third-order valence-electron chi connectivity index (χ3n) is 5.15. The summed E-state index contributed by atoms with van der Waals surface area (Å²) in [5.41, 5.74) is 3.73. The molecule has 0 radical (unpaired) electrons. The summed E-state index contributed by atoms with van der Waals surface area (Å²) in [5, 5.41) is 6.30. The first kappa shape index (κ1) is 24.0. The highest BCUT2D eigenvalue weighted by molar-refractivity contribution is 7.16. The van der Waals surface area contributed by atoms with Crippen molar-refractivity contribution in [1.29, 1.82) is 0 Å². The maximum absolute atomic E-state index is 5.72. The third-order valence-corrected chi connectivity index (χ3v) is 7.04. The zero-order valence-corrected chi connectivity index (χ0v) is 21.6. The second-order valence-electron chi connectivity index (χ2n) is 8.17. The Morgan fingerprint density at radius 3 is 2.68 bits per heavy atom. The lowest BCUT2D eigenvalue weighted by atomic mass is 10.0. The van der Waals surface area contributed by atoms with Crippen molar-refractivity contribution in [2.24, 2.45) is 5.92 Å². The molecule has 0 spiro atoms. The van der Waals surface area contributed by atoms with Crippen LogP contribution in [0, 0.1) is 5.92 Å². The van der Waals surface area contributed by atoms with Crippen LogP contribution in [0.3, 0.4) is 0 Å². The van der Waals surface area contributed by atoms with Gasteiger partial charge >= 0.3 is 0 Å². The number of thiophene rings is 1. The molecule has 0 atom stereocenters. The molecule has 0 fully saturated rings. The van der Waals surface area contributed by atoms with E-state index < -0.39 is 0 Å². The molecule has 34 heavy (non-hydrogen) atoms. The minimum absolute atomic E-state index is 0.506. The molecule has 0 saturated heterocycles. The van der Waals surface area contributed by atoms with Gasteiger partial charge in [0.15, 0.2) is 5.13 Å². The zero-order valence-electron chi connectivity index (χ0n) is 19.9. The van der Waals surface area contributed by atoms with Crippen LogP contribution in [0.5, 0.6) is 5.75 Å². The number of nitrogens with zero attached hydrogens (tertiary/aromatic N) is 2. The van der Waals surface area contributed by atoms with Gasteiger partial charge < -0.3 is 14.8 Å². The third kappa shape index (κ3) is 5.48. The fourth-order valence-corrected chi connectivity index (χ4v) is 5.48. The lowest BCUT2D eigenvalue weighted by Gasteiger charge is -2.12. The molecular weight excluding hydrogens is 462 g/mol. The Morgan fingerprint density at radius 1 is 1.12 bits per heavy atom. The molecule has 4 rings (SSSR count). The van der Waals surface area contributed by atoms with E-state index in [0.29, 0.717) is 24.1 Å². The fraction of sp³-hybridized carbons (Fsp3) is 0.259. The lowest BCUT2D eigenvalue weighted by molar-refractivity contribution is 0.340. The number of ether oxygens (including phenoxy) is 2. The number of rotatable bonds is 10. The molecule has 0 unspecified atom stereocenters. The molecule has 1 aromatic carbocycles. The van der Waals surface area contributed by atoms with E-state index in [0.717, 1.165) is 44.7 Å². The van der Waals surface area contributed by atoms with E-state index >= 15 is 0 Å². The van der Waals surface area contributed by atoms with Gasteiger partial charge in [-0.3, -0.25) is 0 Å². The normalized spacial score (nSPS) is 11.0. The molecule has 1 N–H and O–H groups in total. The van der Waals surface area contributed by atoms with Gasteiger partial charge in [-0.1, -0.05) is 38.6 Å². The van der Waals surface area contributed by atoms with Crippen LogP contribution < -0.4 is 10.1 Å². The van der Waals surface area contributed by atoms with Crippen LogP contribution in [-0.2, 0) is 11.2 Å². The van der Waals surface area contributed by atoms with E-state index in [4.69, 9.17) is 19.4 Å². The number of hydrogen-bond donors (Lipinski definition) is 1. The van der Waals surface area contributed by atoms with Crippen LogP contribution in [0.2, 0.25) is 0 Å². The molecule has 7 heteroatoms. The number of aromatic nitrogens is 2. The van der Waals surface area contributed by atoms with Crippen molar-refractivity contribution in [1.82, 2.24) is 9.97 Å². The van der Waals surface area contributed by atoms with E-state index in [1.54, 1.807) is 29.8 Å². The Morgan fingerprint density at radius 2 is 1.97 bits per heavy atom. The van der Waals surface area contributed by atoms with E-state index in [1.165, 1.54) is 4.88 Å². The summed E-state index contributed by atoms with van der Waals surface area (Å²) < 4.78 is 11.2. The van der Waals surface area contributed by atoms with Crippen LogP contribution in [0.25, 0.3) is 27.6 Å². The summed E-state index contributed by atoms with van der Waals surface area (Å²) in [7, 11) is 1.62. The largest absolute Gasteiger partial charge is 0.497 e. The van der Waals surface area contributed by atoms with Crippen LogP contribution >= 0.6 is 22.7 Å². The van der Waals surface area contributed by atoms with Crippen molar-refractivity contribution in [3.63, 3.8) is 0 Å². The highest BCUT2D eigenvalue weighted by Gasteiger charge is 2.18. The van der Waals surface area contributed by atoms with Crippen molar-refractivity contribution in [2.75, 3.05) is 19.0 Å². The highest BCUT2D eigenvalue weighted by atomic mass is 32.1. The van der Waals surface area contributed by atoms with Crippen molar-refractivity contribution < 1.29 is 9.47 Å². The Kier molecular flexibility index (Phi) is 7.65. The smallest absolute Gasteiger partial charge is 0.189 e. The number of hydrogen-bond acceptors (Lipinski definition) is 7. The number of benzene rings is 1. The summed E-state index contributed by atoms with van der Waals surface area (Å²) >= 11 is 3.32. The average Bonchev–Trinajstić information content (AvgIpc) is 3.49. The van der Waals surface area contributed by atoms with Gasteiger partial charge in [-0.25, -0.2) is 9.97 Å². The van der Waals surface area contributed by atoms with Crippen LogP contribution in [0.4, 0.5) is 10.9 Å². The molecule has 5 nitrogen and oxygen atoms in total. The van der Waals surface area contributed by atoms with Gasteiger partial charge in [-0.2, -0.15) is 0 Å². The lowest BCUT2D eigenvalue weighted by Crippen LogP contribution is -2.00. The summed E-state index contributed by atoms with van der Waals surface area (Å²) in [4.78, 5) is 12.2. The molecule has 0 aliphatic carbocycles. The Hall–Kier alpha value is -3.16. The second-order valence-corrected chi connectivity index (χ2v) is 10.2. The van der Waals surface area contributed by atoms with Gasteiger partial charge in [0, 0.05) is 10.4 Å². The van der Waals surface area contributed by atoms with Crippen LogP contribution in [0.1, 0.15) is 31.2 Å². The number of nitrogens with one attached hydrogen (secondary N) is 1. The maximum Gasteiger partial charge on any atom is 0.189 e. The van der Waals surface area contributed by atoms with Gasteiger partial charge in [0.05, 0.1) is 35.5 Å². The molecule has 0 amide bonds. The van der Waals surface area contributed by atoms with Gasteiger partial charge in [-0.15, -0.1) is 22.7 Å². The number of pyridine rings is 1. The molecule has 0 aliphatic rings. The maximum atomic E-state index is 5.72. The Bertz CT molecular complexity index is 1260. The Balaban J connectivity index is 1.74. The van der Waals surface area contributed by atoms with Gasteiger partial charge in [0.2, 0.25) is 0 Å². The van der Waals surface area contributed by atoms with Gasteiger partial charge in [-0.05, 0) is 55.0 Å². The molecule has 4 aromatic rings. The van der Waals surface area contributed by atoms with Gasteiger partial charge in [0.1, 0.15) is 17.3 Å². The SMILES string of the molecule is C=C(OC)c1ccc(-c2cccs2)nc1Nc1nc(-c2cccc(OCC)c2)c(CC(C)C)s1. The molecule has 3 aromatic heterocycles. The number of thiazole rings is 1. The zero-order chi connectivity index (χ0) is 24.1. The molecule has 3 heterocycles. The average molecular weight is 492 g/mol. The molecule has 0 aliphatic heterocycles. The molecule has 176 valence electrons. The quantitative estimate of drug-likeness (QED) is 0.229. The minimum atomic E-state index is 0.506. The standard InChI is InChI=1S/C27H29N3O2S2/c1-6-32-20-10-7-9-19(16-20)25-24(15-17(2)3)34-27(29-25)30-26-21(18(4)31-5)12-13-22(28-26)23-11-8-14-33-23/h7-14,16-17H,4,6,15H2,1-3,5H3,(H,28,29,30). The summed E-state index contributed by atoms with van der Waals surface area (Å²) in [6.07, 6.45) is 0.938. The van der Waals surface area contributed by atoms with Crippen molar-refractivity contribution in [2.45, 2.75) is 27.2 Å². The van der Waals surface area contributed by atoms with Crippen molar-refractivity contribution >= 4 is 39.4 Å². The second kappa shape index (κ2) is 10.8. The Labute approximate surface area is 209 Å². The van der Waals surface area contributed by atoms with E-state index in [1.807, 2.05) is 42.6 Å². The predicted molar refractivity (Wildman–Crippen MR) is 144 cm³/mol. The monoisotopic (exact) mass is 491 g/mol. The summed E-state index contributed by atoms with van der Waals surface area (Å²) in [6.45, 7) is 11.1. The number of methoxy groups -OCH3 is 1. The first-order valence-corrected chi connectivity index (χ1v) is 13.0. The fourth-order valence-electron chi connectivity index (χ4n) is 3.59. The molecular formula is C27H29N3O2S2. The predicted octanol–water partition coefficient (Wildman–Crippen LogP) is 7.89. The minimum Gasteiger partial charge on any atom is -0.497 e. The first-order valence-electron chi connectivity index (χ1n) is 11.3. The first-order chi connectivity index (χ1) is 16.5. The van der Waals surface area contributed by atoms with E-state index in [9.17, 15) is 0 Å². The van der Waals surface area contributed by atoms with E-state index in [2.05, 4.69) is 43.9 Å². The topological polar surface area (TPSA) is 56.3 Å². The van der Waals surface area contributed by atoms with Crippen LogP contribution in [0.15, 0.2) is 60.5 Å². The summed E-state index contributed by atoms with van der Waals surface area (Å²) in [6, 6.07) is 16.2.